The van der Waals surface area contributed by atoms with E-state index in [1.54, 1.807) is 0 Å². The Bertz CT molecular complexity index is 550. The van der Waals surface area contributed by atoms with Gasteiger partial charge in [-0.3, -0.25) is 4.79 Å². The molecular formula is C20H32O5. The maximum absolute atomic E-state index is 11.2. The maximum Gasteiger partial charge on any atom is 0.308 e. The molecule has 0 aromatic heterocycles. The Morgan fingerprint density at radius 1 is 1.24 bits per heavy atom. The van der Waals surface area contributed by atoms with Crippen molar-refractivity contribution in [2.75, 3.05) is 13.7 Å². The molecule has 3 heterocycles. The van der Waals surface area contributed by atoms with E-state index >= 15 is 0 Å². The average Bonchev–Trinajstić information content (AvgIpc) is 3.18. The lowest BCUT2D eigenvalue weighted by molar-refractivity contribution is -0.217. The minimum Gasteiger partial charge on any atom is -0.436 e. The third-order valence-corrected chi connectivity index (χ3v) is 7.84. The van der Waals surface area contributed by atoms with Gasteiger partial charge in [-0.25, -0.2) is 0 Å². The molecule has 1 aliphatic carbocycles. The fourth-order valence-electron chi connectivity index (χ4n) is 6.03. The lowest BCUT2D eigenvalue weighted by Gasteiger charge is -2.48. The van der Waals surface area contributed by atoms with Crippen molar-refractivity contribution in [1.29, 1.82) is 0 Å². The normalized spacial score (nSPS) is 49.9. The molecule has 2 unspecified atom stereocenters. The van der Waals surface area contributed by atoms with Crippen LogP contribution >= 0.6 is 0 Å². The molecule has 0 aromatic carbocycles. The molecule has 25 heavy (non-hydrogen) atoms. The van der Waals surface area contributed by atoms with Crippen molar-refractivity contribution in [2.45, 2.75) is 89.3 Å². The SMILES string of the molecule is CO[C@@]1(C)CC[C@@]23O[C@@H]1C[C@@]2(C)CC[C@@H]3C(C)COC1CCC(=O)O1. The van der Waals surface area contributed by atoms with Crippen molar-refractivity contribution in [2.24, 2.45) is 17.3 Å². The van der Waals surface area contributed by atoms with Gasteiger partial charge in [0.05, 0.1) is 30.3 Å². The van der Waals surface area contributed by atoms with Crippen molar-refractivity contribution < 1.29 is 23.7 Å². The van der Waals surface area contributed by atoms with Gasteiger partial charge in [-0.15, -0.1) is 0 Å². The van der Waals surface area contributed by atoms with Crippen LogP contribution in [0.25, 0.3) is 0 Å². The topological polar surface area (TPSA) is 54.0 Å². The standard InChI is InChI=1S/C20H32O5/c1-13(12-23-17-6-5-16(21)24-17)14-7-8-18(2)11-15-19(3,22-4)9-10-20(14,18)25-15/h13-15,17H,5-12H2,1-4H3/t13?,14-,15-,17?,18-,19+,20+/m1/s1. The fraction of sp³-hybridized carbons (Fsp3) is 0.950. The molecule has 4 fully saturated rings. The maximum atomic E-state index is 11.2. The lowest BCUT2D eigenvalue weighted by atomic mass is 9.68. The first kappa shape index (κ1) is 17.7. The predicted octanol–water partition coefficient (Wildman–Crippen LogP) is 3.45. The highest BCUT2D eigenvalue weighted by atomic mass is 16.7. The lowest BCUT2D eigenvalue weighted by Crippen LogP contribution is -2.54. The van der Waals surface area contributed by atoms with E-state index in [1.807, 2.05) is 7.11 Å². The largest absolute Gasteiger partial charge is 0.436 e. The summed E-state index contributed by atoms with van der Waals surface area (Å²) in [5.74, 6) is 0.755. The van der Waals surface area contributed by atoms with E-state index in [1.165, 1.54) is 12.8 Å². The van der Waals surface area contributed by atoms with E-state index < -0.39 is 0 Å². The zero-order valence-corrected chi connectivity index (χ0v) is 16.0. The van der Waals surface area contributed by atoms with Crippen LogP contribution in [0.2, 0.25) is 0 Å². The second-order valence-electron chi connectivity index (χ2n) is 9.19. The molecule has 5 nitrogen and oxygen atoms in total. The van der Waals surface area contributed by atoms with Crippen LogP contribution in [0, 0.1) is 17.3 Å². The molecule has 142 valence electrons. The third kappa shape index (κ3) is 2.57. The number of rotatable bonds is 5. The first-order chi connectivity index (χ1) is 11.8. The number of carbonyl (C=O) groups is 1. The molecule has 7 atom stereocenters. The Kier molecular flexibility index (Phi) is 4.21. The summed E-state index contributed by atoms with van der Waals surface area (Å²) in [5.41, 5.74) is 0.0540. The smallest absolute Gasteiger partial charge is 0.308 e. The summed E-state index contributed by atoms with van der Waals surface area (Å²) in [7, 11) is 1.81. The van der Waals surface area contributed by atoms with E-state index in [-0.39, 0.29) is 35.0 Å². The Hall–Kier alpha value is -0.650. The molecule has 3 aliphatic heterocycles. The van der Waals surface area contributed by atoms with Crippen LogP contribution in [0.1, 0.15) is 65.7 Å². The zero-order chi connectivity index (χ0) is 17.9. The van der Waals surface area contributed by atoms with Gasteiger partial charge in [-0.05, 0) is 56.3 Å². The van der Waals surface area contributed by atoms with Crippen LogP contribution in [-0.2, 0) is 23.7 Å². The van der Waals surface area contributed by atoms with Crippen molar-refractivity contribution in [3.8, 4) is 0 Å². The van der Waals surface area contributed by atoms with E-state index in [2.05, 4.69) is 20.8 Å². The van der Waals surface area contributed by atoms with E-state index in [0.717, 1.165) is 19.3 Å². The minimum atomic E-state index is -0.347. The van der Waals surface area contributed by atoms with Gasteiger partial charge in [-0.1, -0.05) is 13.8 Å². The van der Waals surface area contributed by atoms with Gasteiger partial charge in [0.15, 0.2) is 0 Å². The van der Waals surface area contributed by atoms with Gasteiger partial charge in [-0.2, -0.15) is 0 Å². The summed E-state index contributed by atoms with van der Waals surface area (Å²) >= 11 is 0. The van der Waals surface area contributed by atoms with Crippen molar-refractivity contribution >= 4 is 5.97 Å². The number of esters is 1. The molecular weight excluding hydrogens is 320 g/mol. The summed E-state index contributed by atoms with van der Waals surface area (Å²) in [6, 6.07) is 0. The van der Waals surface area contributed by atoms with Gasteiger partial charge in [0.25, 0.3) is 0 Å². The summed E-state index contributed by atoms with van der Waals surface area (Å²) < 4.78 is 23.7. The van der Waals surface area contributed by atoms with E-state index in [0.29, 0.717) is 31.3 Å². The van der Waals surface area contributed by atoms with Crippen molar-refractivity contribution in [1.82, 2.24) is 0 Å². The molecule has 3 saturated heterocycles. The molecule has 4 aliphatic rings. The van der Waals surface area contributed by atoms with E-state index in [9.17, 15) is 4.79 Å². The number of ether oxygens (including phenoxy) is 4. The summed E-state index contributed by atoms with van der Waals surface area (Å²) in [4.78, 5) is 11.2. The number of hydrogen-bond donors (Lipinski definition) is 0. The van der Waals surface area contributed by atoms with Crippen LogP contribution in [-0.4, -0.2) is 43.3 Å². The second kappa shape index (κ2) is 5.93. The van der Waals surface area contributed by atoms with Gasteiger partial charge in [0.2, 0.25) is 6.29 Å². The van der Waals surface area contributed by atoms with Crippen LogP contribution in [0.15, 0.2) is 0 Å². The average molecular weight is 352 g/mol. The molecule has 0 aromatic rings. The number of carbonyl (C=O) groups excluding carboxylic acids is 1. The molecule has 0 radical (unpaired) electrons. The highest BCUT2D eigenvalue weighted by Crippen LogP contribution is 2.67. The molecule has 2 bridgehead atoms. The monoisotopic (exact) mass is 352 g/mol. The predicted molar refractivity (Wildman–Crippen MR) is 91.9 cm³/mol. The van der Waals surface area contributed by atoms with Crippen LogP contribution in [0.4, 0.5) is 0 Å². The molecule has 1 saturated carbocycles. The first-order valence-electron chi connectivity index (χ1n) is 9.86. The number of methoxy groups -OCH3 is 1. The fourth-order valence-corrected chi connectivity index (χ4v) is 6.03. The summed E-state index contributed by atoms with van der Waals surface area (Å²) in [6.07, 6.45) is 6.66. The molecule has 0 N–H and O–H groups in total. The molecule has 0 amide bonds. The van der Waals surface area contributed by atoms with Crippen LogP contribution in [0.3, 0.4) is 0 Å². The minimum absolute atomic E-state index is 0.0369. The van der Waals surface area contributed by atoms with Crippen LogP contribution < -0.4 is 0 Å². The Morgan fingerprint density at radius 3 is 2.72 bits per heavy atom. The first-order valence-corrected chi connectivity index (χ1v) is 9.86. The van der Waals surface area contributed by atoms with Crippen molar-refractivity contribution in [3.05, 3.63) is 0 Å². The number of cyclic esters (lactones) is 1. The van der Waals surface area contributed by atoms with Crippen molar-refractivity contribution in [3.63, 3.8) is 0 Å². The molecule has 1 spiro atoms. The Labute approximate surface area is 150 Å². The third-order valence-electron chi connectivity index (χ3n) is 7.84. The number of hydrogen-bond acceptors (Lipinski definition) is 5. The number of fused-ring (bicyclic) bond motifs is 1. The highest BCUT2D eigenvalue weighted by molar-refractivity contribution is 5.71. The zero-order valence-electron chi connectivity index (χ0n) is 16.0. The Balaban J connectivity index is 1.46. The summed E-state index contributed by atoms with van der Waals surface area (Å²) in [6.45, 7) is 7.52. The summed E-state index contributed by atoms with van der Waals surface area (Å²) in [5, 5.41) is 0. The van der Waals surface area contributed by atoms with Gasteiger partial charge in [0.1, 0.15) is 0 Å². The molecule has 5 heteroatoms. The van der Waals surface area contributed by atoms with E-state index in [4.69, 9.17) is 18.9 Å². The highest BCUT2D eigenvalue weighted by Gasteiger charge is 2.69. The Morgan fingerprint density at radius 2 is 2.04 bits per heavy atom. The van der Waals surface area contributed by atoms with Gasteiger partial charge < -0.3 is 18.9 Å². The van der Waals surface area contributed by atoms with Crippen LogP contribution in [0.5, 0.6) is 0 Å². The quantitative estimate of drug-likeness (QED) is 0.710. The van der Waals surface area contributed by atoms with Gasteiger partial charge in [0, 0.05) is 13.5 Å². The molecule has 4 rings (SSSR count). The van der Waals surface area contributed by atoms with Gasteiger partial charge >= 0.3 is 5.97 Å². The second-order valence-corrected chi connectivity index (χ2v) is 9.19.